The van der Waals surface area contributed by atoms with Crippen molar-refractivity contribution in [3.05, 3.63) is 54.6 Å². The summed E-state index contributed by atoms with van der Waals surface area (Å²) < 4.78 is 28.0. The molecule has 0 bridgehead atoms. The number of rotatable bonds is 4. The molecule has 5 nitrogen and oxygen atoms in total. The maximum absolute atomic E-state index is 11.3. The van der Waals surface area contributed by atoms with Crippen LogP contribution < -0.4 is 9.62 Å². The molecule has 94 valence electrons. The van der Waals surface area contributed by atoms with Gasteiger partial charge in [-0.05, 0) is 36.4 Å². The molecule has 6 heteroatoms. The van der Waals surface area contributed by atoms with Crippen molar-refractivity contribution in [3.63, 3.8) is 0 Å². The Morgan fingerprint density at radius 1 is 0.889 bits per heavy atom. The van der Waals surface area contributed by atoms with E-state index in [1.165, 1.54) is 29.2 Å². The van der Waals surface area contributed by atoms with Crippen LogP contribution in [0.3, 0.4) is 0 Å². The first-order valence-corrected chi connectivity index (χ1v) is 6.59. The largest absolute Gasteiger partial charge is 0.457 e. The topological polar surface area (TPSA) is 75.6 Å². The minimum Gasteiger partial charge on any atom is -0.457 e. The molecule has 2 aromatic carbocycles. The predicted molar refractivity (Wildman–Crippen MR) is 65.1 cm³/mol. The van der Waals surface area contributed by atoms with Gasteiger partial charge in [-0.25, -0.2) is 8.42 Å². The second-order valence-corrected chi connectivity index (χ2v) is 5.14. The van der Waals surface area contributed by atoms with E-state index in [1.807, 2.05) is 18.2 Å². The number of ether oxygens (including phenoxy) is 1. The molecule has 0 atom stereocenters. The Kier molecular flexibility index (Phi) is 3.61. The zero-order valence-corrected chi connectivity index (χ0v) is 10.1. The fourth-order valence-electron chi connectivity index (χ4n) is 1.36. The highest BCUT2D eigenvalue weighted by molar-refractivity contribution is 7.89. The van der Waals surface area contributed by atoms with Crippen molar-refractivity contribution in [1.29, 1.82) is 0 Å². The lowest BCUT2D eigenvalue weighted by Gasteiger charge is -2.06. The van der Waals surface area contributed by atoms with Crippen LogP contribution in [-0.4, -0.2) is 13.6 Å². The Bertz CT molecular complexity index is 608. The monoisotopic (exact) mass is 265 g/mol. The molecule has 2 N–H and O–H groups in total. The molecule has 0 unspecified atom stereocenters. The molecule has 0 radical (unpaired) electrons. The molecule has 0 saturated heterocycles. The molecule has 0 saturated carbocycles. The van der Waals surface area contributed by atoms with Gasteiger partial charge in [0.2, 0.25) is 0 Å². The highest BCUT2D eigenvalue weighted by atomic mass is 32.2. The maximum atomic E-state index is 11.3. The van der Waals surface area contributed by atoms with Crippen molar-refractivity contribution in [1.82, 2.24) is 4.89 Å². The van der Waals surface area contributed by atoms with Crippen LogP contribution in [0, 0.1) is 0 Å². The van der Waals surface area contributed by atoms with E-state index in [0.717, 1.165) is 0 Å². The van der Waals surface area contributed by atoms with Gasteiger partial charge >= 0.3 is 0 Å². The predicted octanol–water partition coefficient (Wildman–Crippen LogP) is 2.15. The first-order chi connectivity index (χ1) is 8.62. The van der Waals surface area contributed by atoms with E-state index < -0.39 is 10.0 Å². The van der Waals surface area contributed by atoms with Gasteiger partial charge in [-0.1, -0.05) is 23.1 Å². The van der Waals surface area contributed by atoms with Crippen LogP contribution in [0.4, 0.5) is 0 Å². The highest BCUT2D eigenvalue weighted by Crippen LogP contribution is 2.22. The van der Waals surface area contributed by atoms with Gasteiger partial charge in [-0.15, -0.1) is 0 Å². The Balaban J connectivity index is 2.19. The fraction of sp³-hybridized carbons (Fsp3) is 0. The molecule has 0 aliphatic heterocycles. The molecule has 2 rings (SSSR count). The molecule has 0 spiro atoms. The van der Waals surface area contributed by atoms with E-state index in [0.29, 0.717) is 11.5 Å². The van der Waals surface area contributed by atoms with Gasteiger partial charge in [0.15, 0.2) is 0 Å². The quantitative estimate of drug-likeness (QED) is 0.830. The zero-order valence-electron chi connectivity index (χ0n) is 9.28. The van der Waals surface area contributed by atoms with E-state index in [2.05, 4.69) is 0 Å². The molecule has 0 fully saturated rings. The van der Waals surface area contributed by atoms with Crippen LogP contribution in [-0.2, 0) is 10.0 Å². The normalized spacial score (nSPS) is 11.2. The van der Waals surface area contributed by atoms with Gasteiger partial charge in [-0.2, -0.15) is 0 Å². The Morgan fingerprint density at radius 2 is 1.44 bits per heavy atom. The van der Waals surface area contributed by atoms with Crippen molar-refractivity contribution >= 4 is 10.0 Å². The van der Waals surface area contributed by atoms with Crippen molar-refractivity contribution in [3.8, 4) is 11.5 Å². The summed E-state index contributed by atoms with van der Waals surface area (Å²) in [5.41, 5.74) is 0. The second-order valence-electron chi connectivity index (χ2n) is 3.48. The van der Waals surface area contributed by atoms with E-state index in [9.17, 15) is 8.42 Å². The third kappa shape index (κ3) is 2.86. The van der Waals surface area contributed by atoms with Gasteiger partial charge in [0.1, 0.15) is 11.5 Å². The molecule has 0 aliphatic rings. The van der Waals surface area contributed by atoms with Crippen molar-refractivity contribution in [2.45, 2.75) is 4.90 Å². The lowest BCUT2D eigenvalue weighted by Crippen LogP contribution is -2.19. The van der Waals surface area contributed by atoms with Crippen LogP contribution in [0.2, 0.25) is 0 Å². The van der Waals surface area contributed by atoms with E-state index in [4.69, 9.17) is 9.94 Å². The highest BCUT2D eigenvalue weighted by Gasteiger charge is 2.11. The number of hydrogen-bond acceptors (Lipinski definition) is 4. The molecule has 0 heterocycles. The molecule has 0 amide bonds. The minimum atomic E-state index is -3.84. The van der Waals surface area contributed by atoms with Crippen LogP contribution in [0.5, 0.6) is 11.5 Å². The van der Waals surface area contributed by atoms with Gasteiger partial charge in [0.25, 0.3) is 10.0 Å². The van der Waals surface area contributed by atoms with Crippen LogP contribution >= 0.6 is 0 Å². The zero-order chi connectivity index (χ0) is 13.0. The van der Waals surface area contributed by atoms with Crippen molar-refractivity contribution in [2.24, 2.45) is 0 Å². The third-order valence-corrected chi connectivity index (χ3v) is 3.37. The lowest BCUT2D eigenvalue weighted by atomic mass is 10.3. The van der Waals surface area contributed by atoms with E-state index in [1.54, 1.807) is 12.1 Å². The van der Waals surface area contributed by atoms with Crippen LogP contribution in [0.1, 0.15) is 0 Å². The smallest absolute Gasteiger partial charge is 0.262 e. The van der Waals surface area contributed by atoms with Crippen molar-refractivity contribution < 1.29 is 18.4 Å². The standard InChI is InChI=1S/C12H11NO4S/c14-13-18(15,16)12-8-6-11(7-9-12)17-10-4-2-1-3-5-10/h1-9,13-14H. The lowest BCUT2D eigenvalue weighted by molar-refractivity contribution is 0.242. The summed E-state index contributed by atoms with van der Waals surface area (Å²) >= 11 is 0. The van der Waals surface area contributed by atoms with E-state index in [-0.39, 0.29) is 4.90 Å². The first kappa shape index (κ1) is 12.6. The summed E-state index contributed by atoms with van der Waals surface area (Å²) in [5.74, 6) is 1.17. The molecular formula is C12H11NO4S. The third-order valence-electron chi connectivity index (χ3n) is 2.23. The summed E-state index contributed by atoms with van der Waals surface area (Å²) in [6, 6.07) is 14.8. The van der Waals surface area contributed by atoms with Gasteiger partial charge in [0, 0.05) is 0 Å². The molecule has 0 aromatic heterocycles. The number of benzene rings is 2. The second kappa shape index (κ2) is 5.18. The SMILES string of the molecule is O=S(=O)(NO)c1ccc(Oc2ccccc2)cc1. The van der Waals surface area contributed by atoms with Gasteiger partial charge < -0.3 is 9.94 Å². The summed E-state index contributed by atoms with van der Waals surface area (Å²) in [4.78, 5) is 1.22. The van der Waals surface area contributed by atoms with Crippen LogP contribution in [0.15, 0.2) is 59.5 Å². The summed E-state index contributed by atoms with van der Waals surface area (Å²) in [6.07, 6.45) is 0. The maximum Gasteiger partial charge on any atom is 0.262 e. The molecule has 0 aliphatic carbocycles. The number of sulfonamides is 1. The average molecular weight is 265 g/mol. The fourth-order valence-corrected chi connectivity index (χ4v) is 1.96. The molecular weight excluding hydrogens is 254 g/mol. The van der Waals surface area contributed by atoms with Gasteiger partial charge in [-0.3, -0.25) is 0 Å². The summed E-state index contributed by atoms with van der Waals surface area (Å²) in [6.45, 7) is 0. The van der Waals surface area contributed by atoms with Crippen molar-refractivity contribution in [2.75, 3.05) is 0 Å². The number of hydrogen-bond donors (Lipinski definition) is 2. The summed E-state index contributed by atoms with van der Waals surface area (Å²) in [7, 11) is -3.84. The van der Waals surface area contributed by atoms with Crippen LogP contribution in [0.25, 0.3) is 0 Å². The molecule has 2 aromatic rings. The first-order valence-electron chi connectivity index (χ1n) is 5.11. The number of para-hydroxylation sites is 1. The molecule has 18 heavy (non-hydrogen) atoms. The Hall–Kier alpha value is -1.89. The minimum absolute atomic E-state index is 0.0367. The van der Waals surface area contributed by atoms with E-state index >= 15 is 0 Å². The Morgan fingerprint density at radius 3 is 2.00 bits per heavy atom. The summed E-state index contributed by atoms with van der Waals surface area (Å²) in [5, 5.41) is 8.48. The van der Waals surface area contributed by atoms with Gasteiger partial charge in [0.05, 0.1) is 4.90 Å². The number of nitrogens with one attached hydrogen (secondary N) is 1. The average Bonchev–Trinajstić information content (AvgIpc) is 2.40. The Labute approximate surface area is 105 Å².